The number of phosphoric ester groups is 2. The number of allylic oxidation sites excluding steroid dienone is 18. The summed E-state index contributed by atoms with van der Waals surface area (Å²) in [5.74, 6) is -1.62. The second-order valence-electron chi connectivity index (χ2n) is 21.2. The molecule has 5 atom stereocenters. The lowest BCUT2D eigenvalue weighted by molar-refractivity contribution is -0.161. The summed E-state index contributed by atoms with van der Waals surface area (Å²) in [5, 5.41) is 20.5. The van der Waals surface area contributed by atoms with E-state index in [4.69, 9.17) is 32.3 Å². The van der Waals surface area contributed by atoms with Crippen LogP contribution in [0.4, 0.5) is 0 Å². The van der Waals surface area contributed by atoms with E-state index in [1.165, 1.54) is 38.5 Å². The second-order valence-corrected chi connectivity index (χ2v) is 24.1. The number of hydrogen-bond donors (Lipinski definition) is 4. The van der Waals surface area contributed by atoms with Gasteiger partial charge >= 0.3 is 33.6 Å². The van der Waals surface area contributed by atoms with Crippen molar-refractivity contribution in [3.8, 4) is 0 Å². The van der Waals surface area contributed by atoms with Crippen LogP contribution in [0.3, 0.4) is 0 Å². The van der Waals surface area contributed by atoms with Crippen molar-refractivity contribution in [1.29, 1.82) is 0 Å². The molecule has 0 saturated carbocycles. The van der Waals surface area contributed by atoms with Gasteiger partial charge in [-0.25, -0.2) is 9.13 Å². The van der Waals surface area contributed by atoms with Crippen LogP contribution in [0.5, 0.6) is 0 Å². The predicted octanol–water partition coefficient (Wildman–Crippen LogP) is 17.3. The number of rotatable bonds is 60. The standard InChI is InChI=1S/C67H114O16P2/c1-4-7-10-13-16-19-22-24-26-28-30-32-34-36-39-41-44-47-50-53-65(70)77-56-62(68)57-79-84(73,74)80-58-63(69)59-81-85(75,76)82-61-64(83-67(72)55-52-49-46-43-38-21-18-15-12-9-6-3)60-78-66(71)54-51-48-45-42-40-37-35-33-31-29-27-25-23-20-17-14-11-8-5-2/h7-8,10-11,16-17,19-20,24-27,30-33,36,39,62-64,68-69H,4-6,9,12-15,18,21-23,28-29,34-35,37-38,40-61H2,1-3H3,(H,73,74)(H,75,76)/b10-7-,11-8-,19-16-,20-17-,26-24-,27-25-,32-30-,33-31-,39-36-. The first-order valence-corrected chi connectivity index (χ1v) is 35.2. The highest BCUT2D eigenvalue weighted by Gasteiger charge is 2.29. The molecule has 0 heterocycles. The van der Waals surface area contributed by atoms with Gasteiger partial charge in [-0.05, 0) is 103 Å². The highest BCUT2D eigenvalue weighted by atomic mass is 31.2. The maximum Gasteiger partial charge on any atom is 0.472 e. The third kappa shape index (κ3) is 61.6. The summed E-state index contributed by atoms with van der Waals surface area (Å²) in [4.78, 5) is 58.2. The number of hydrogen-bond acceptors (Lipinski definition) is 14. The molecule has 4 N–H and O–H groups in total. The van der Waals surface area contributed by atoms with E-state index >= 15 is 0 Å². The van der Waals surface area contributed by atoms with Gasteiger partial charge in [0.05, 0.1) is 26.4 Å². The summed E-state index contributed by atoms with van der Waals surface area (Å²) in [5.41, 5.74) is 0. The first-order valence-electron chi connectivity index (χ1n) is 32.2. The van der Waals surface area contributed by atoms with Crippen molar-refractivity contribution in [3.63, 3.8) is 0 Å². The van der Waals surface area contributed by atoms with E-state index in [0.717, 1.165) is 141 Å². The van der Waals surface area contributed by atoms with Crippen molar-refractivity contribution in [2.45, 2.75) is 257 Å². The van der Waals surface area contributed by atoms with Gasteiger partial charge in [-0.15, -0.1) is 0 Å². The van der Waals surface area contributed by atoms with E-state index in [1.54, 1.807) is 0 Å². The van der Waals surface area contributed by atoms with Gasteiger partial charge in [-0.3, -0.25) is 32.5 Å². The fourth-order valence-electron chi connectivity index (χ4n) is 8.12. The first-order chi connectivity index (χ1) is 41.2. The smallest absolute Gasteiger partial charge is 0.463 e. The third-order valence-corrected chi connectivity index (χ3v) is 14.9. The summed E-state index contributed by atoms with van der Waals surface area (Å²) < 4.78 is 60.7. The summed E-state index contributed by atoms with van der Waals surface area (Å²) in [7, 11) is -9.78. The molecule has 0 fully saturated rings. The zero-order valence-corrected chi connectivity index (χ0v) is 54.3. The van der Waals surface area contributed by atoms with Crippen LogP contribution < -0.4 is 0 Å². The fourth-order valence-corrected chi connectivity index (χ4v) is 9.70. The Kier molecular flexibility index (Phi) is 57.8. The first kappa shape index (κ1) is 81.2. The average Bonchev–Trinajstić information content (AvgIpc) is 3.60. The van der Waals surface area contributed by atoms with E-state index in [2.05, 4.69) is 130 Å². The number of phosphoric acid groups is 2. The van der Waals surface area contributed by atoms with Crippen molar-refractivity contribution in [1.82, 2.24) is 0 Å². The Bertz CT molecular complexity index is 1990. The molecule has 0 aliphatic rings. The van der Waals surface area contributed by atoms with Crippen molar-refractivity contribution in [3.05, 3.63) is 109 Å². The second kappa shape index (κ2) is 60.5. The summed E-state index contributed by atoms with van der Waals surface area (Å²) in [6.07, 6.45) is 65.8. The molecule has 0 bridgehead atoms. The van der Waals surface area contributed by atoms with Gasteiger partial charge in [0, 0.05) is 19.3 Å². The monoisotopic (exact) mass is 1240 g/mol. The van der Waals surface area contributed by atoms with E-state index in [-0.39, 0.29) is 19.3 Å². The number of unbranched alkanes of at least 4 members (excludes halogenated alkanes) is 19. The Balaban J connectivity index is 4.66. The minimum atomic E-state index is -4.92. The van der Waals surface area contributed by atoms with Crippen LogP contribution in [0.15, 0.2) is 109 Å². The molecular weight excluding hydrogens is 1120 g/mol. The minimum Gasteiger partial charge on any atom is -0.463 e. The Labute approximate surface area is 513 Å². The lowest BCUT2D eigenvalue weighted by atomic mass is 10.1. The molecule has 0 amide bonds. The van der Waals surface area contributed by atoms with Crippen molar-refractivity contribution >= 4 is 33.6 Å². The summed E-state index contributed by atoms with van der Waals surface area (Å²) in [6.45, 7) is 2.36. The molecule has 16 nitrogen and oxygen atoms in total. The van der Waals surface area contributed by atoms with E-state index in [0.29, 0.717) is 19.3 Å². The lowest BCUT2D eigenvalue weighted by Crippen LogP contribution is -2.30. The maximum absolute atomic E-state index is 12.9. The number of aliphatic hydroxyl groups excluding tert-OH is 2. The Morgan fingerprint density at radius 2 is 0.624 bits per heavy atom. The van der Waals surface area contributed by atoms with Crippen LogP contribution >= 0.6 is 15.6 Å². The van der Waals surface area contributed by atoms with Crippen molar-refractivity contribution in [2.24, 2.45) is 0 Å². The molecule has 18 heteroatoms. The van der Waals surface area contributed by atoms with Gasteiger partial charge in [0.2, 0.25) is 0 Å². The molecule has 0 aliphatic heterocycles. The average molecular weight is 1240 g/mol. The van der Waals surface area contributed by atoms with Crippen LogP contribution in [-0.4, -0.2) is 95.9 Å². The number of carbonyl (C=O) groups excluding carboxylic acids is 3. The molecule has 0 aliphatic carbocycles. The number of aliphatic hydroxyl groups is 2. The number of carbonyl (C=O) groups is 3. The van der Waals surface area contributed by atoms with Gasteiger partial charge in [0.1, 0.15) is 25.4 Å². The van der Waals surface area contributed by atoms with Gasteiger partial charge in [0.15, 0.2) is 6.10 Å². The number of ether oxygens (including phenoxy) is 3. The molecule has 0 aromatic carbocycles. The van der Waals surface area contributed by atoms with Crippen LogP contribution in [0, 0.1) is 0 Å². The predicted molar refractivity (Wildman–Crippen MR) is 344 cm³/mol. The van der Waals surface area contributed by atoms with Gasteiger partial charge in [-0.2, -0.15) is 0 Å². The summed E-state index contributed by atoms with van der Waals surface area (Å²) in [6, 6.07) is 0. The van der Waals surface area contributed by atoms with Gasteiger partial charge < -0.3 is 34.2 Å². The van der Waals surface area contributed by atoms with Gasteiger partial charge in [-0.1, -0.05) is 226 Å². The van der Waals surface area contributed by atoms with E-state index < -0.39 is 91.5 Å². The topological polar surface area (TPSA) is 231 Å². The SMILES string of the molecule is CC/C=C\C/C=C\C/C=C\C/C=C\C/C=C\CCCCCC(=O)OCC(O)COP(=O)(O)OCC(O)COP(=O)(O)OCC(COC(=O)CCCCCCCC/C=C\C/C=C\C/C=C\C/C=C\CC)OC(=O)CCCCCCCCCCCCC. The van der Waals surface area contributed by atoms with Gasteiger partial charge in [0.25, 0.3) is 0 Å². The Morgan fingerprint density at radius 3 is 1.00 bits per heavy atom. The third-order valence-electron chi connectivity index (χ3n) is 13.0. The molecule has 0 radical (unpaired) electrons. The van der Waals surface area contributed by atoms with Crippen LogP contribution in [0.2, 0.25) is 0 Å². The largest absolute Gasteiger partial charge is 0.472 e. The molecule has 0 spiro atoms. The quantitative estimate of drug-likeness (QED) is 0.0146. The highest BCUT2D eigenvalue weighted by Crippen LogP contribution is 2.45. The van der Waals surface area contributed by atoms with E-state index in [9.17, 15) is 43.5 Å². The molecular formula is C67H114O16P2. The summed E-state index contributed by atoms with van der Waals surface area (Å²) >= 11 is 0. The van der Waals surface area contributed by atoms with Crippen LogP contribution in [-0.2, 0) is 55.8 Å². The molecule has 0 aromatic rings. The maximum atomic E-state index is 12.9. The molecule has 5 unspecified atom stereocenters. The zero-order valence-electron chi connectivity index (χ0n) is 52.5. The zero-order chi connectivity index (χ0) is 62.4. The van der Waals surface area contributed by atoms with Crippen molar-refractivity contribution < 1.29 is 75.8 Å². The molecule has 0 aromatic heterocycles. The molecule has 0 rings (SSSR count). The number of esters is 3. The molecule has 488 valence electrons. The van der Waals surface area contributed by atoms with Crippen LogP contribution in [0.25, 0.3) is 0 Å². The Hall–Kier alpha value is -3.79. The molecule has 85 heavy (non-hydrogen) atoms. The highest BCUT2D eigenvalue weighted by molar-refractivity contribution is 7.47. The lowest BCUT2D eigenvalue weighted by Gasteiger charge is -2.21. The fraction of sp³-hybridized carbons (Fsp3) is 0.687. The normalized spacial score (nSPS) is 15.0. The minimum absolute atomic E-state index is 0.101. The Morgan fingerprint density at radius 1 is 0.341 bits per heavy atom. The van der Waals surface area contributed by atoms with Crippen molar-refractivity contribution in [2.75, 3.05) is 39.6 Å². The van der Waals surface area contributed by atoms with E-state index in [1.807, 2.05) is 0 Å². The van der Waals surface area contributed by atoms with Crippen LogP contribution in [0.1, 0.15) is 239 Å². The molecule has 0 saturated heterocycles.